The van der Waals surface area contributed by atoms with E-state index in [1.165, 1.54) is 12.8 Å². The summed E-state index contributed by atoms with van der Waals surface area (Å²) >= 11 is 0. The number of unbranched alkanes of at least 4 members (excludes halogenated alkanes) is 2. The van der Waals surface area contributed by atoms with E-state index in [1.807, 2.05) is 0 Å². The third-order valence-corrected chi connectivity index (χ3v) is 1.72. The molecule has 0 heterocycles. The summed E-state index contributed by atoms with van der Waals surface area (Å²) in [5.41, 5.74) is 5.13. The van der Waals surface area contributed by atoms with Gasteiger partial charge in [-0.15, -0.1) is 0 Å². The zero-order chi connectivity index (χ0) is 10.1. The van der Waals surface area contributed by atoms with E-state index in [0.29, 0.717) is 6.04 Å². The van der Waals surface area contributed by atoms with E-state index in [2.05, 4.69) is 24.5 Å². The lowest BCUT2D eigenvalue weighted by molar-refractivity contribution is 0.547. The summed E-state index contributed by atoms with van der Waals surface area (Å²) in [4.78, 5) is 0. The van der Waals surface area contributed by atoms with Crippen LogP contribution in [0.4, 0.5) is 0 Å². The predicted molar refractivity (Wildman–Crippen MR) is 56.9 cm³/mol. The Morgan fingerprint density at radius 2 is 1.85 bits per heavy atom. The number of rotatable bonds is 7. The van der Waals surface area contributed by atoms with E-state index in [-0.39, 0.29) is 5.96 Å². The Kier molecular flexibility index (Phi) is 7.39. The number of hydrogen-bond acceptors (Lipinski definition) is 2. The average Bonchev–Trinajstić information content (AvgIpc) is 2.01. The van der Waals surface area contributed by atoms with E-state index in [0.717, 1.165) is 19.5 Å². The van der Waals surface area contributed by atoms with Crippen molar-refractivity contribution in [3.8, 4) is 0 Å². The molecule has 13 heavy (non-hydrogen) atoms. The summed E-state index contributed by atoms with van der Waals surface area (Å²) in [6.45, 7) is 6.20. The van der Waals surface area contributed by atoms with Crippen LogP contribution in [-0.2, 0) is 0 Å². The summed E-state index contributed by atoms with van der Waals surface area (Å²) in [7, 11) is 0. The molecule has 4 heteroatoms. The molecule has 0 unspecified atom stereocenters. The van der Waals surface area contributed by atoms with Crippen molar-refractivity contribution in [1.82, 2.24) is 10.6 Å². The van der Waals surface area contributed by atoms with Crippen LogP contribution >= 0.6 is 0 Å². The summed E-state index contributed by atoms with van der Waals surface area (Å²) < 4.78 is 0. The fourth-order valence-electron chi connectivity index (χ4n) is 1.04. The van der Waals surface area contributed by atoms with Crippen LogP contribution in [0.5, 0.6) is 0 Å². The second kappa shape index (κ2) is 7.86. The molecule has 5 N–H and O–H groups in total. The highest BCUT2D eigenvalue weighted by atomic mass is 15.0. The number of nitrogens with one attached hydrogen (secondary N) is 3. The Bertz CT molecular complexity index is 134. The van der Waals surface area contributed by atoms with Crippen LogP contribution in [0.15, 0.2) is 0 Å². The summed E-state index contributed by atoms with van der Waals surface area (Å²) in [6, 6.07) is 0.579. The SMILES string of the molecule is CC(C)NCCCCCNC(=N)N. The molecule has 0 aliphatic rings. The standard InChI is InChI=1S/C9H22N4/c1-8(2)12-6-4-3-5-7-13-9(10)11/h8,12H,3-7H2,1-2H3,(H4,10,11,13). The molecule has 0 atom stereocenters. The zero-order valence-corrected chi connectivity index (χ0v) is 8.69. The minimum atomic E-state index is 0.0697. The van der Waals surface area contributed by atoms with Gasteiger partial charge in [-0.05, 0) is 19.4 Å². The zero-order valence-electron chi connectivity index (χ0n) is 8.69. The molecule has 0 saturated heterocycles. The lowest BCUT2D eigenvalue weighted by atomic mass is 10.2. The molecule has 0 amide bonds. The molecular formula is C9H22N4. The second-order valence-electron chi connectivity index (χ2n) is 3.51. The summed E-state index contributed by atoms with van der Waals surface area (Å²) in [5, 5.41) is 13.1. The van der Waals surface area contributed by atoms with Crippen LogP contribution in [0.1, 0.15) is 33.1 Å². The Hall–Kier alpha value is -0.770. The first-order valence-electron chi connectivity index (χ1n) is 4.94. The van der Waals surface area contributed by atoms with Gasteiger partial charge in [-0.1, -0.05) is 20.3 Å². The highest BCUT2D eigenvalue weighted by molar-refractivity contribution is 5.74. The molecule has 0 bridgehead atoms. The number of hydrogen-bond donors (Lipinski definition) is 4. The number of guanidine groups is 1. The van der Waals surface area contributed by atoms with Gasteiger partial charge in [0.05, 0.1) is 0 Å². The van der Waals surface area contributed by atoms with Gasteiger partial charge in [0.15, 0.2) is 5.96 Å². The maximum atomic E-state index is 6.92. The van der Waals surface area contributed by atoms with E-state index < -0.39 is 0 Å². The van der Waals surface area contributed by atoms with Gasteiger partial charge in [-0.2, -0.15) is 0 Å². The third kappa shape index (κ3) is 11.2. The third-order valence-electron chi connectivity index (χ3n) is 1.72. The molecule has 4 nitrogen and oxygen atoms in total. The lowest BCUT2D eigenvalue weighted by Gasteiger charge is -2.07. The fourth-order valence-corrected chi connectivity index (χ4v) is 1.04. The van der Waals surface area contributed by atoms with E-state index in [4.69, 9.17) is 11.1 Å². The maximum absolute atomic E-state index is 6.92. The summed E-state index contributed by atoms with van der Waals surface area (Å²) in [6.07, 6.45) is 3.46. The number of nitrogens with two attached hydrogens (primary N) is 1. The molecule has 78 valence electrons. The monoisotopic (exact) mass is 186 g/mol. The molecule has 0 radical (unpaired) electrons. The van der Waals surface area contributed by atoms with Crippen molar-refractivity contribution < 1.29 is 0 Å². The van der Waals surface area contributed by atoms with Crippen molar-refractivity contribution in [3.05, 3.63) is 0 Å². The molecule has 0 spiro atoms. The largest absolute Gasteiger partial charge is 0.370 e. The molecule has 0 fully saturated rings. The van der Waals surface area contributed by atoms with Gasteiger partial charge >= 0.3 is 0 Å². The molecule has 0 aromatic heterocycles. The normalized spacial score (nSPS) is 10.4. The van der Waals surface area contributed by atoms with Crippen LogP contribution in [0, 0.1) is 5.41 Å². The van der Waals surface area contributed by atoms with Crippen LogP contribution in [0.2, 0.25) is 0 Å². The van der Waals surface area contributed by atoms with Crippen molar-refractivity contribution in [2.75, 3.05) is 13.1 Å². The quantitative estimate of drug-likeness (QED) is 0.268. The van der Waals surface area contributed by atoms with Gasteiger partial charge in [-0.25, -0.2) is 0 Å². The van der Waals surface area contributed by atoms with Gasteiger partial charge in [-0.3, -0.25) is 5.41 Å². The minimum Gasteiger partial charge on any atom is -0.370 e. The van der Waals surface area contributed by atoms with Crippen molar-refractivity contribution in [3.63, 3.8) is 0 Å². The summed E-state index contributed by atoms with van der Waals surface area (Å²) in [5.74, 6) is 0.0697. The maximum Gasteiger partial charge on any atom is 0.185 e. The topological polar surface area (TPSA) is 73.9 Å². The fraction of sp³-hybridized carbons (Fsp3) is 0.889. The van der Waals surface area contributed by atoms with Crippen molar-refractivity contribution >= 4 is 5.96 Å². The van der Waals surface area contributed by atoms with Gasteiger partial charge in [0.1, 0.15) is 0 Å². The molecule has 0 aliphatic heterocycles. The molecule has 0 rings (SSSR count). The van der Waals surface area contributed by atoms with Gasteiger partial charge in [0.25, 0.3) is 0 Å². The first-order valence-corrected chi connectivity index (χ1v) is 4.94. The lowest BCUT2D eigenvalue weighted by Crippen LogP contribution is -2.31. The van der Waals surface area contributed by atoms with Crippen molar-refractivity contribution in [2.45, 2.75) is 39.2 Å². The second-order valence-corrected chi connectivity index (χ2v) is 3.51. The molecule has 0 aromatic carbocycles. The first-order chi connectivity index (χ1) is 6.13. The van der Waals surface area contributed by atoms with Crippen LogP contribution in [-0.4, -0.2) is 25.1 Å². The smallest absolute Gasteiger partial charge is 0.185 e. The average molecular weight is 186 g/mol. The Morgan fingerprint density at radius 3 is 2.38 bits per heavy atom. The van der Waals surface area contributed by atoms with Crippen LogP contribution < -0.4 is 16.4 Å². The van der Waals surface area contributed by atoms with Gasteiger partial charge < -0.3 is 16.4 Å². The Balaban J connectivity index is 2.96. The Morgan fingerprint density at radius 1 is 1.23 bits per heavy atom. The molecule has 0 aromatic rings. The first kappa shape index (κ1) is 12.2. The van der Waals surface area contributed by atoms with Gasteiger partial charge in [0.2, 0.25) is 0 Å². The molecule has 0 saturated carbocycles. The van der Waals surface area contributed by atoms with Crippen molar-refractivity contribution in [1.29, 1.82) is 5.41 Å². The highest BCUT2D eigenvalue weighted by Crippen LogP contribution is 1.92. The van der Waals surface area contributed by atoms with E-state index in [1.54, 1.807) is 0 Å². The molecular weight excluding hydrogens is 164 g/mol. The predicted octanol–water partition coefficient (Wildman–Crippen LogP) is 0.638. The highest BCUT2D eigenvalue weighted by Gasteiger charge is 1.92. The van der Waals surface area contributed by atoms with Crippen LogP contribution in [0.3, 0.4) is 0 Å². The van der Waals surface area contributed by atoms with E-state index in [9.17, 15) is 0 Å². The van der Waals surface area contributed by atoms with Crippen molar-refractivity contribution in [2.24, 2.45) is 5.73 Å². The van der Waals surface area contributed by atoms with Gasteiger partial charge in [0, 0.05) is 12.6 Å². The Labute approximate surface area is 80.8 Å². The minimum absolute atomic E-state index is 0.0697. The van der Waals surface area contributed by atoms with E-state index >= 15 is 0 Å². The molecule has 0 aliphatic carbocycles. The van der Waals surface area contributed by atoms with Crippen LogP contribution in [0.25, 0.3) is 0 Å².